The molecular weight excluding hydrogens is 318 g/mol. The van der Waals surface area contributed by atoms with E-state index in [1.807, 2.05) is 13.0 Å². The normalized spacial score (nSPS) is 18.6. The van der Waals surface area contributed by atoms with Crippen LogP contribution in [0.1, 0.15) is 29.1 Å². The summed E-state index contributed by atoms with van der Waals surface area (Å²) >= 11 is 0. The summed E-state index contributed by atoms with van der Waals surface area (Å²) in [6.07, 6.45) is 3.14. The van der Waals surface area contributed by atoms with E-state index in [1.165, 1.54) is 0 Å². The largest absolute Gasteiger partial charge is 0.361 e. The molecule has 7 nitrogen and oxygen atoms in total. The fraction of sp³-hybridized carbons (Fsp3) is 0.611. The van der Waals surface area contributed by atoms with Crippen LogP contribution in [0.2, 0.25) is 0 Å². The van der Waals surface area contributed by atoms with Crippen molar-refractivity contribution in [3.8, 4) is 0 Å². The molecule has 2 aromatic rings. The molecule has 25 heavy (non-hydrogen) atoms. The zero-order chi connectivity index (χ0) is 17.2. The van der Waals surface area contributed by atoms with Crippen LogP contribution in [0.3, 0.4) is 0 Å². The Hall–Kier alpha value is -1.99. The summed E-state index contributed by atoms with van der Waals surface area (Å²) in [5.74, 6) is 0.862. The molecule has 1 fully saturated rings. The lowest BCUT2D eigenvalue weighted by Gasteiger charge is -2.34. The fourth-order valence-electron chi connectivity index (χ4n) is 3.73. The van der Waals surface area contributed by atoms with E-state index in [2.05, 4.69) is 20.1 Å². The zero-order valence-corrected chi connectivity index (χ0v) is 14.8. The van der Waals surface area contributed by atoms with Crippen LogP contribution in [0.15, 0.2) is 21.5 Å². The van der Waals surface area contributed by atoms with Crippen LogP contribution in [0.25, 0.3) is 0 Å². The smallest absolute Gasteiger partial charge is 0.267 e. The zero-order valence-electron chi connectivity index (χ0n) is 14.8. The molecule has 2 aliphatic rings. The van der Waals surface area contributed by atoms with Crippen LogP contribution in [0.5, 0.6) is 0 Å². The van der Waals surface area contributed by atoms with Crippen molar-refractivity contribution in [3.05, 3.63) is 45.2 Å². The Morgan fingerprint density at radius 3 is 2.64 bits per heavy atom. The van der Waals surface area contributed by atoms with E-state index in [0.717, 1.165) is 81.2 Å². The Morgan fingerprint density at radius 1 is 1.08 bits per heavy atom. The summed E-state index contributed by atoms with van der Waals surface area (Å²) in [6.45, 7) is 8.36. The minimum Gasteiger partial charge on any atom is -0.361 e. The first kappa shape index (κ1) is 16.5. The number of aromatic nitrogens is 3. The molecule has 1 aliphatic carbocycles. The van der Waals surface area contributed by atoms with E-state index in [4.69, 9.17) is 4.52 Å². The van der Waals surface area contributed by atoms with Crippen LogP contribution in [0.4, 0.5) is 0 Å². The van der Waals surface area contributed by atoms with Crippen molar-refractivity contribution in [2.24, 2.45) is 0 Å². The van der Waals surface area contributed by atoms with E-state index in [1.54, 1.807) is 10.7 Å². The van der Waals surface area contributed by atoms with Crippen molar-refractivity contribution in [2.75, 3.05) is 32.7 Å². The van der Waals surface area contributed by atoms with Gasteiger partial charge in [-0.25, -0.2) is 4.68 Å². The van der Waals surface area contributed by atoms with Crippen molar-refractivity contribution in [1.29, 1.82) is 0 Å². The molecule has 0 amide bonds. The molecule has 0 spiro atoms. The SMILES string of the molecule is Cc1cc(CN2CCN(CCn3nc4c(cc3=O)CCC4)CC2)no1. The molecule has 134 valence electrons. The molecule has 1 aliphatic heterocycles. The lowest BCUT2D eigenvalue weighted by Crippen LogP contribution is -2.47. The molecule has 2 aromatic heterocycles. The van der Waals surface area contributed by atoms with Gasteiger partial charge in [-0.1, -0.05) is 5.16 Å². The van der Waals surface area contributed by atoms with Gasteiger partial charge in [0.25, 0.3) is 5.56 Å². The van der Waals surface area contributed by atoms with Gasteiger partial charge in [0.1, 0.15) is 5.76 Å². The molecule has 0 aromatic carbocycles. The Kier molecular flexibility index (Phi) is 4.67. The van der Waals surface area contributed by atoms with Crippen molar-refractivity contribution >= 4 is 0 Å². The Bertz CT molecular complexity index is 789. The maximum absolute atomic E-state index is 12.2. The average molecular weight is 343 g/mol. The van der Waals surface area contributed by atoms with Crippen LogP contribution in [-0.2, 0) is 25.9 Å². The minimum absolute atomic E-state index is 0.0423. The first-order valence-electron chi connectivity index (χ1n) is 9.14. The van der Waals surface area contributed by atoms with Gasteiger partial charge in [-0.15, -0.1) is 0 Å². The average Bonchev–Trinajstić information content (AvgIpc) is 3.22. The Morgan fingerprint density at radius 2 is 1.88 bits per heavy atom. The molecule has 3 heterocycles. The second kappa shape index (κ2) is 7.09. The molecule has 1 saturated heterocycles. The van der Waals surface area contributed by atoms with Gasteiger partial charge >= 0.3 is 0 Å². The molecule has 0 N–H and O–H groups in total. The molecule has 0 unspecified atom stereocenters. The maximum atomic E-state index is 12.2. The minimum atomic E-state index is 0.0423. The van der Waals surface area contributed by atoms with Gasteiger partial charge in [0.05, 0.1) is 17.9 Å². The van der Waals surface area contributed by atoms with Crippen molar-refractivity contribution in [1.82, 2.24) is 24.7 Å². The van der Waals surface area contributed by atoms with Gasteiger partial charge < -0.3 is 4.52 Å². The van der Waals surface area contributed by atoms with Crippen molar-refractivity contribution < 1.29 is 4.52 Å². The third-order valence-corrected chi connectivity index (χ3v) is 5.18. The quantitative estimate of drug-likeness (QED) is 0.802. The van der Waals surface area contributed by atoms with Crippen LogP contribution >= 0.6 is 0 Å². The van der Waals surface area contributed by atoms with E-state index in [9.17, 15) is 4.79 Å². The molecule has 7 heteroatoms. The summed E-state index contributed by atoms with van der Waals surface area (Å²) in [6, 6.07) is 3.78. The number of rotatable bonds is 5. The standard InChI is InChI=1S/C18H25N5O2/c1-14-11-16(20-25-14)13-22-7-5-21(6-8-22)9-10-23-18(24)12-15-3-2-4-17(15)19-23/h11-12H,2-10,13H2,1H3. The summed E-state index contributed by atoms with van der Waals surface area (Å²) in [7, 11) is 0. The van der Waals surface area contributed by atoms with E-state index < -0.39 is 0 Å². The van der Waals surface area contributed by atoms with Gasteiger partial charge in [-0.05, 0) is 31.7 Å². The predicted octanol–water partition coefficient (Wildman–Crippen LogP) is 0.846. The van der Waals surface area contributed by atoms with E-state index in [0.29, 0.717) is 6.54 Å². The van der Waals surface area contributed by atoms with Gasteiger partial charge in [0, 0.05) is 51.4 Å². The highest BCUT2D eigenvalue weighted by Crippen LogP contribution is 2.17. The second-order valence-electron chi connectivity index (χ2n) is 7.08. The third kappa shape index (κ3) is 3.82. The number of piperazine rings is 1. The first-order valence-corrected chi connectivity index (χ1v) is 9.14. The molecule has 0 atom stereocenters. The summed E-state index contributed by atoms with van der Waals surface area (Å²) in [4.78, 5) is 17.0. The first-order chi connectivity index (χ1) is 12.2. The highest BCUT2D eigenvalue weighted by Gasteiger charge is 2.19. The summed E-state index contributed by atoms with van der Waals surface area (Å²) in [5, 5.41) is 8.63. The summed E-state index contributed by atoms with van der Waals surface area (Å²) in [5.41, 5.74) is 3.31. The Balaban J connectivity index is 1.27. The number of fused-ring (bicyclic) bond motifs is 1. The van der Waals surface area contributed by atoms with Crippen LogP contribution in [0, 0.1) is 6.92 Å². The predicted molar refractivity (Wildman–Crippen MR) is 93.5 cm³/mol. The number of aryl methyl sites for hydroxylation is 3. The number of hydrogen-bond donors (Lipinski definition) is 0. The second-order valence-corrected chi connectivity index (χ2v) is 7.08. The highest BCUT2D eigenvalue weighted by atomic mass is 16.5. The Labute approximate surface area is 147 Å². The molecule has 0 bridgehead atoms. The van der Waals surface area contributed by atoms with Crippen molar-refractivity contribution in [3.63, 3.8) is 0 Å². The number of hydrogen-bond acceptors (Lipinski definition) is 6. The van der Waals surface area contributed by atoms with Gasteiger partial charge in [0.15, 0.2) is 0 Å². The molecule has 0 saturated carbocycles. The summed E-state index contributed by atoms with van der Waals surface area (Å²) < 4.78 is 6.78. The topological polar surface area (TPSA) is 67.4 Å². The van der Waals surface area contributed by atoms with Gasteiger partial charge in [-0.2, -0.15) is 5.10 Å². The lowest BCUT2D eigenvalue weighted by atomic mass is 10.2. The molecular formula is C18H25N5O2. The fourth-order valence-corrected chi connectivity index (χ4v) is 3.73. The van der Waals surface area contributed by atoms with E-state index in [-0.39, 0.29) is 5.56 Å². The molecule has 0 radical (unpaired) electrons. The van der Waals surface area contributed by atoms with E-state index >= 15 is 0 Å². The van der Waals surface area contributed by atoms with Crippen LogP contribution < -0.4 is 5.56 Å². The molecule has 4 rings (SSSR count). The monoisotopic (exact) mass is 343 g/mol. The van der Waals surface area contributed by atoms with Crippen LogP contribution in [-0.4, -0.2) is 57.5 Å². The highest BCUT2D eigenvalue weighted by molar-refractivity contribution is 5.22. The third-order valence-electron chi connectivity index (χ3n) is 5.18. The van der Waals surface area contributed by atoms with Gasteiger partial charge in [0.2, 0.25) is 0 Å². The lowest BCUT2D eigenvalue weighted by molar-refractivity contribution is 0.120. The number of nitrogens with zero attached hydrogens (tertiary/aromatic N) is 5. The van der Waals surface area contributed by atoms with Gasteiger partial charge in [-0.3, -0.25) is 14.6 Å². The maximum Gasteiger partial charge on any atom is 0.267 e. The van der Waals surface area contributed by atoms with Crippen molar-refractivity contribution in [2.45, 2.75) is 39.3 Å².